The number of carboxylic acid groups (broad SMARTS) is 1. The number of benzene rings is 3. The molecule has 0 saturated carbocycles. The minimum absolute atomic E-state index is 0.173. The van der Waals surface area contributed by atoms with E-state index >= 15 is 0 Å². The zero-order chi connectivity index (χ0) is 19.3. The summed E-state index contributed by atoms with van der Waals surface area (Å²) in [6, 6.07) is 26.1. The lowest BCUT2D eigenvalue weighted by molar-refractivity contribution is 0.188. The first-order valence-electron chi connectivity index (χ1n) is 9.53. The van der Waals surface area contributed by atoms with Crippen molar-refractivity contribution in [2.75, 3.05) is 0 Å². The Morgan fingerprint density at radius 3 is 2.14 bits per heavy atom. The summed E-state index contributed by atoms with van der Waals surface area (Å²) in [5, 5.41) is 11.8. The van der Waals surface area contributed by atoms with E-state index in [0.717, 1.165) is 52.9 Å². The highest BCUT2D eigenvalue weighted by molar-refractivity contribution is 6.14. The molecule has 1 aliphatic carbocycles. The lowest BCUT2D eigenvalue weighted by Gasteiger charge is -2.26. The number of amides is 1. The Hall–Kier alpha value is -3.40. The van der Waals surface area contributed by atoms with E-state index in [9.17, 15) is 4.79 Å². The van der Waals surface area contributed by atoms with Crippen LogP contribution in [0.5, 0.6) is 0 Å². The van der Waals surface area contributed by atoms with Gasteiger partial charge in [0.2, 0.25) is 0 Å². The van der Waals surface area contributed by atoms with Crippen LogP contribution in [0.4, 0.5) is 10.5 Å². The minimum atomic E-state index is -0.985. The van der Waals surface area contributed by atoms with E-state index in [2.05, 4.69) is 29.6 Å². The molecule has 3 aromatic rings. The molecule has 28 heavy (non-hydrogen) atoms. The molecule has 1 atom stereocenters. The fourth-order valence-electron chi connectivity index (χ4n) is 3.84. The number of carbonyl (C=O) groups is 1. The molecule has 0 fully saturated rings. The second-order valence-corrected chi connectivity index (χ2v) is 6.93. The van der Waals surface area contributed by atoms with Crippen LogP contribution >= 0.6 is 0 Å². The van der Waals surface area contributed by atoms with Crippen molar-refractivity contribution in [3.63, 3.8) is 0 Å². The number of nitrogens with zero attached hydrogens (tertiary/aromatic N) is 1. The Balaban J connectivity index is 1.83. The minimum Gasteiger partial charge on any atom is -0.465 e. The SMILES string of the molecule is O=C(O)NC1CCCc2c(N=C(c3ccccc3)c3ccccc3)cccc21. The fraction of sp³-hybridized carbons (Fsp3) is 0.167. The molecule has 0 aromatic heterocycles. The predicted molar refractivity (Wildman–Crippen MR) is 111 cm³/mol. The van der Waals surface area contributed by atoms with Crippen molar-refractivity contribution in [1.29, 1.82) is 0 Å². The van der Waals surface area contributed by atoms with E-state index in [1.165, 1.54) is 0 Å². The van der Waals surface area contributed by atoms with Crippen molar-refractivity contribution in [3.05, 3.63) is 101 Å². The molecule has 0 heterocycles. The third kappa shape index (κ3) is 3.81. The summed E-state index contributed by atoms with van der Waals surface area (Å²) in [7, 11) is 0. The van der Waals surface area contributed by atoms with Crippen LogP contribution in [0.15, 0.2) is 83.9 Å². The van der Waals surface area contributed by atoms with Crippen LogP contribution in [0, 0.1) is 0 Å². The standard InChI is InChI=1S/C24H22N2O2/c27-24(28)26-22-16-8-13-19-20(22)14-7-15-21(19)25-23(17-9-3-1-4-10-17)18-11-5-2-6-12-18/h1-7,9-12,14-15,22,26H,8,13,16H2,(H,27,28). The van der Waals surface area contributed by atoms with Crippen molar-refractivity contribution in [3.8, 4) is 0 Å². The fourth-order valence-corrected chi connectivity index (χ4v) is 3.84. The van der Waals surface area contributed by atoms with E-state index in [1.807, 2.05) is 54.6 Å². The maximum Gasteiger partial charge on any atom is 0.405 e. The first kappa shape index (κ1) is 18.0. The molecule has 0 spiro atoms. The van der Waals surface area contributed by atoms with Gasteiger partial charge in [-0.3, -0.25) is 0 Å². The Morgan fingerprint density at radius 2 is 1.54 bits per heavy atom. The Labute approximate surface area is 164 Å². The van der Waals surface area contributed by atoms with Gasteiger partial charge >= 0.3 is 6.09 Å². The van der Waals surface area contributed by atoms with Crippen LogP contribution < -0.4 is 5.32 Å². The number of rotatable bonds is 4. The predicted octanol–water partition coefficient (Wildman–Crippen LogP) is 5.50. The molecule has 2 N–H and O–H groups in total. The zero-order valence-corrected chi connectivity index (χ0v) is 15.5. The maximum atomic E-state index is 11.2. The molecule has 4 rings (SSSR count). The molecule has 0 aliphatic heterocycles. The monoisotopic (exact) mass is 370 g/mol. The summed E-state index contributed by atoms with van der Waals surface area (Å²) in [4.78, 5) is 16.2. The maximum absolute atomic E-state index is 11.2. The van der Waals surface area contributed by atoms with Crippen molar-refractivity contribution >= 4 is 17.5 Å². The van der Waals surface area contributed by atoms with Crippen molar-refractivity contribution < 1.29 is 9.90 Å². The summed E-state index contributed by atoms with van der Waals surface area (Å²) < 4.78 is 0. The van der Waals surface area contributed by atoms with Crippen LogP contribution in [-0.4, -0.2) is 16.9 Å². The van der Waals surface area contributed by atoms with Gasteiger partial charge in [0.1, 0.15) is 0 Å². The number of nitrogens with one attached hydrogen (secondary N) is 1. The molecule has 1 unspecified atom stereocenters. The summed E-state index contributed by atoms with van der Waals surface area (Å²) in [6.07, 6.45) is 1.68. The smallest absolute Gasteiger partial charge is 0.405 e. The molecule has 4 heteroatoms. The molecule has 140 valence electrons. The summed E-state index contributed by atoms with van der Waals surface area (Å²) in [6.45, 7) is 0. The van der Waals surface area contributed by atoms with Crippen LogP contribution in [0.25, 0.3) is 0 Å². The van der Waals surface area contributed by atoms with E-state index < -0.39 is 6.09 Å². The highest BCUT2D eigenvalue weighted by Gasteiger charge is 2.23. The van der Waals surface area contributed by atoms with Gasteiger partial charge in [-0.15, -0.1) is 0 Å². The molecular formula is C24H22N2O2. The number of fused-ring (bicyclic) bond motifs is 1. The van der Waals surface area contributed by atoms with Gasteiger partial charge in [-0.25, -0.2) is 9.79 Å². The van der Waals surface area contributed by atoms with E-state index in [-0.39, 0.29) is 6.04 Å². The normalized spacial score (nSPS) is 15.4. The van der Waals surface area contributed by atoms with E-state index in [4.69, 9.17) is 10.1 Å². The third-order valence-corrected chi connectivity index (χ3v) is 5.11. The van der Waals surface area contributed by atoms with E-state index in [0.29, 0.717) is 0 Å². The quantitative estimate of drug-likeness (QED) is 0.596. The third-order valence-electron chi connectivity index (χ3n) is 5.11. The van der Waals surface area contributed by atoms with Gasteiger partial charge in [0.15, 0.2) is 0 Å². The molecule has 3 aromatic carbocycles. The van der Waals surface area contributed by atoms with Gasteiger partial charge in [-0.2, -0.15) is 0 Å². The second-order valence-electron chi connectivity index (χ2n) is 6.93. The summed E-state index contributed by atoms with van der Waals surface area (Å²) >= 11 is 0. The molecule has 1 amide bonds. The van der Waals surface area contributed by atoms with Crippen LogP contribution in [0.2, 0.25) is 0 Å². The molecule has 1 aliphatic rings. The van der Waals surface area contributed by atoms with Gasteiger partial charge in [-0.1, -0.05) is 72.8 Å². The number of hydrogen-bond donors (Lipinski definition) is 2. The van der Waals surface area contributed by atoms with Crippen molar-refractivity contribution in [2.45, 2.75) is 25.3 Å². The molecule has 0 radical (unpaired) electrons. The largest absolute Gasteiger partial charge is 0.465 e. The summed E-state index contributed by atoms with van der Waals surface area (Å²) in [5.74, 6) is 0. The molecule has 4 nitrogen and oxygen atoms in total. The molecule has 0 saturated heterocycles. The Kier molecular flexibility index (Phi) is 5.20. The zero-order valence-electron chi connectivity index (χ0n) is 15.5. The van der Waals surface area contributed by atoms with Gasteiger partial charge in [0, 0.05) is 11.1 Å². The van der Waals surface area contributed by atoms with Gasteiger partial charge in [-0.05, 0) is 36.5 Å². The first-order chi connectivity index (χ1) is 13.7. The Bertz CT molecular complexity index is 956. The molecular weight excluding hydrogens is 348 g/mol. The van der Waals surface area contributed by atoms with Crippen LogP contribution in [-0.2, 0) is 6.42 Å². The number of aliphatic imine (C=N–C) groups is 1. The molecule has 0 bridgehead atoms. The van der Waals surface area contributed by atoms with Gasteiger partial charge in [0.05, 0.1) is 17.4 Å². The van der Waals surface area contributed by atoms with Crippen LogP contribution in [0.3, 0.4) is 0 Å². The van der Waals surface area contributed by atoms with Gasteiger partial charge < -0.3 is 10.4 Å². The lowest BCUT2D eigenvalue weighted by Crippen LogP contribution is -2.29. The van der Waals surface area contributed by atoms with Crippen molar-refractivity contribution in [2.24, 2.45) is 4.99 Å². The topological polar surface area (TPSA) is 61.7 Å². The van der Waals surface area contributed by atoms with Crippen molar-refractivity contribution in [1.82, 2.24) is 5.32 Å². The average Bonchev–Trinajstić information content (AvgIpc) is 2.73. The Morgan fingerprint density at radius 1 is 0.893 bits per heavy atom. The van der Waals surface area contributed by atoms with E-state index in [1.54, 1.807) is 0 Å². The summed E-state index contributed by atoms with van der Waals surface area (Å²) in [5.41, 5.74) is 6.12. The first-order valence-corrected chi connectivity index (χ1v) is 9.53. The lowest BCUT2D eigenvalue weighted by atomic mass is 9.86. The highest BCUT2D eigenvalue weighted by atomic mass is 16.4. The highest BCUT2D eigenvalue weighted by Crippen LogP contribution is 2.36. The number of hydrogen-bond acceptors (Lipinski definition) is 2. The van der Waals surface area contributed by atoms with Gasteiger partial charge in [0.25, 0.3) is 0 Å². The van der Waals surface area contributed by atoms with Crippen LogP contribution in [0.1, 0.15) is 41.1 Å². The second kappa shape index (κ2) is 8.09. The average molecular weight is 370 g/mol.